The van der Waals surface area contributed by atoms with Gasteiger partial charge in [-0.2, -0.15) is 5.10 Å². The number of aromatic nitrogens is 2. The van der Waals surface area contributed by atoms with Crippen molar-refractivity contribution >= 4 is 23.0 Å². The fourth-order valence-electron chi connectivity index (χ4n) is 2.15. The Hall–Kier alpha value is -2.33. The van der Waals surface area contributed by atoms with Crippen LogP contribution in [0, 0.1) is 0 Å². The molecule has 0 fully saturated rings. The predicted octanol–water partition coefficient (Wildman–Crippen LogP) is 2.96. The lowest BCUT2D eigenvalue weighted by atomic mass is 10.1. The highest BCUT2D eigenvalue weighted by molar-refractivity contribution is 6.31. The van der Waals surface area contributed by atoms with Gasteiger partial charge in [0.1, 0.15) is 0 Å². The van der Waals surface area contributed by atoms with Gasteiger partial charge in [0.2, 0.25) is 0 Å². The zero-order valence-electron chi connectivity index (χ0n) is 11.3. The van der Waals surface area contributed by atoms with Crippen LogP contribution >= 0.6 is 11.6 Å². The number of benzene rings is 1. The van der Waals surface area contributed by atoms with Gasteiger partial charge in [0.15, 0.2) is 5.69 Å². The van der Waals surface area contributed by atoms with Gasteiger partial charge < -0.3 is 5.32 Å². The van der Waals surface area contributed by atoms with Crippen LogP contribution in [0.3, 0.4) is 0 Å². The van der Waals surface area contributed by atoms with E-state index in [9.17, 15) is 4.79 Å². The molecule has 4 nitrogen and oxygen atoms in total. The molecule has 0 aliphatic rings. The lowest BCUT2D eigenvalue weighted by molar-refractivity contribution is 0.0949. The molecule has 2 aromatic heterocycles. The molecule has 0 saturated carbocycles. The highest BCUT2D eigenvalue weighted by Crippen LogP contribution is 2.14. The van der Waals surface area contributed by atoms with Gasteiger partial charge in [0, 0.05) is 17.8 Å². The topological polar surface area (TPSA) is 46.4 Å². The Balaban J connectivity index is 1.63. The monoisotopic (exact) mass is 299 g/mol. The van der Waals surface area contributed by atoms with Crippen molar-refractivity contribution in [3.05, 3.63) is 71.0 Å². The Morgan fingerprint density at radius 2 is 2.00 bits per heavy atom. The van der Waals surface area contributed by atoms with Crippen molar-refractivity contribution in [3.8, 4) is 0 Å². The molecule has 3 aromatic rings. The first-order valence-electron chi connectivity index (χ1n) is 6.70. The zero-order valence-corrected chi connectivity index (χ0v) is 12.0. The van der Waals surface area contributed by atoms with Gasteiger partial charge in [-0.15, -0.1) is 0 Å². The van der Waals surface area contributed by atoms with Gasteiger partial charge in [-0.25, -0.2) is 4.52 Å². The van der Waals surface area contributed by atoms with Crippen molar-refractivity contribution in [2.45, 2.75) is 6.42 Å². The molecule has 1 amide bonds. The molecule has 0 atom stereocenters. The summed E-state index contributed by atoms with van der Waals surface area (Å²) in [6, 6.07) is 15.1. The summed E-state index contributed by atoms with van der Waals surface area (Å²) < 4.78 is 1.68. The zero-order chi connectivity index (χ0) is 14.7. The summed E-state index contributed by atoms with van der Waals surface area (Å²) in [5.74, 6) is -0.175. The number of nitrogens with zero attached hydrogens (tertiary/aromatic N) is 2. The minimum absolute atomic E-state index is 0.175. The average molecular weight is 300 g/mol. The minimum atomic E-state index is -0.175. The van der Waals surface area contributed by atoms with E-state index in [4.69, 9.17) is 11.6 Å². The van der Waals surface area contributed by atoms with E-state index in [0.717, 1.165) is 16.1 Å². The maximum absolute atomic E-state index is 12.1. The molecule has 5 heteroatoms. The molecule has 1 aromatic carbocycles. The van der Waals surface area contributed by atoms with E-state index in [1.165, 1.54) is 0 Å². The van der Waals surface area contributed by atoms with Crippen LogP contribution in [0.15, 0.2) is 54.7 Å². The van der Waals surface area contributed by atoms with E-state index in [0.29, 0.717) is 18.7 Å². The van der Waals surface area contributed by atoms with E-state index in [1.54, 1.807) is 10.6 Å². The number of carbonyl (C=O) groups excluding carboxylic acids is 1. The molecular weight excluding hydrogens is 286 g/mol. The Morgan fingerprint density at radius 3 is 2.81 bits per heavy atom. The second-order valence-electron chi connectivity index (χ2n) is 4.70. The Bertz CT molecular complexity index is 749. The van der Waals surface area contributed by atoms with Crippen LogP contribution in [0.25, 0.3) is 5.52 Å². The third-order valence-corrected chi connectivity index (χ3v) is 3.61. The number of hydrogen-bond donors (Lipinski definition) is 1. The molecule has 3 rings (SSSR count). The fourth-order valence-corrected chi connectivity index (χ4v) is 2.38. The molecule has 0 aliphatic heterocycles. The van der Waals surface area contributed by atoms with Crippen LogP contribution < -0.4 is 5.32 Å². The van der Waals surface area contributed by atoms with Crippen LogP contribution in [0.1, 0.15) is 16.1 Å². The normalized spacial score (nSPS) is 10.7. The van der Waals surface area contributed by atoms with Gasteiger partial charge >= 0.3 is 0 Å². The first-order valence-corrected chi connectivity index (χ1v) is 7.08. The summed E-state index contributed by atoms with van der Waals surface area (Å²) in [4.78, 5) is 12.1. The Kier molecular flexibility index (Phi) is 3.88. The van der Waals surface area contributed by atoms with E-state index >= 15 is 0 Å². The molecule has 1 N–H and O–H groups in total. The summed E-state index contributed by atoms with van der Waals surface area (Å²) in [5.41, 5.74) is 2.34. The van der Waals surface area contributed by atoms with Crippen LogP contribution in [0.2, 0.25) is 5.02 Å². The fraction of sp³-hybridized carbons (Fsp3) is 0.125. The maximum Gasteiger partial charge on any atom is 0.271 e. The lowest BCUT2D eigenvalue weighted by Gasteiger charge is -2.05. The predicted molar refractivity (Wildman–Crippen MR) is 82.7 cm³/mol. The quantitative estimate of drug-likeness (QED) is 0.805. The van der Waals surface area contributed by atoms with Crippen molar-refractivity contribution in [2.75, 3.05) is 6.54 Å². The van der Waals surface area contributed by atoms with Crippen LogP contribution in [0.4, 0.5) is 0 Å². The van der Waals surface area contributed by atoms with Gasteiger partial charge in [0.05, 0.1) is 5.52 Å². The number of halogens is 1. The van der Waals surface area contributed by atoms with Crippen LogP contribution in [-0.4, -0.2) is 22.1 Å². The molecule has 0 unspecified atom stereocenters. The summed E-state index contributed by atoms with van der Waals surface area (Å²) >= 11 is 6.08. The molecule has 0 bridgehead atoms. The number of pyridine rings is 1. The Morgan fingerprint density at radius 1 is 1.19 bits per heavy atom. The number of amides is 1. The highest BCUT2D eigenvalue weighted by Gasteiger charge is 2.10. The van der Waals surface area contributed by atoms with Gasteiger partial charge in [-0.1, -0.05) is 35.9 Å². The molecule has 2 heterocycles. The van der Waals surface area contributed by atoms with Gasteiger partial charge in [-0.05, 0) is 36.2 Å². The molecule has 0 radical (unpaired) electrons. The largest absolute Gasteiger partial charge is 0.350 e. The third kappa shape index (κ3) is 3.06. The molecule has 0 aliphatic carbocycles. The SMILES string of the molecule is O=C(NCCc1ccccc1Cl)c1cc2ccccn2n1. The van der Waals surface area contributed by atoms with E-state index in [-0.39, 0.29) is 5.91 Å². The van der Waals surface area contributed by atoms with Crippen molar-refractivity contribution in [1.82, 2.24) is 14.9 Å². The Labute approximate surface area is 127 Å². The average Bonchev–Trinajstić information content (AvgIpc) is 2.93. The molecule has 0 saturated heterocycles. The summed E-state index contributed by atoms with van der Waals surface area (Å²) in [6.07, 6.45) is 2.51. The van der Waals surface area contributed by atoms with E-state index in [1.807, 2.05) is 48.7 Å². The number of fused-ring (bicyclic) bond motifs is 1. The first-order chi connectivity index (χ1) is 10.2. The molecule has 21 heavy (non-hydrogen) atoms. The van der Waals surface area contributed by atoms with E-state index in [2.05, 4.69) is 10.4 Å². The minimum Gasteiger partial charge on any atom is -0.350 e. The van der Waals surface area contributed by atoms with Crippen molar-refractivity contribution in [1.29, 1.82) is 0 Å². The van der Waals surface area contributed by atoms with E-state index < -0.39 is 0 Å². The third-order valence-electron chi connectivity index (χ3n) is 3.24. The number of nitrogens with one attached hydrogen (secondary N) is 1. The summed E-state index contributed by atoms with van der Waals surface area (Å²) in [7, 11) is 0. The lowest BCUT2D eigenvalue weighted by Crippen LogP contribution is -2.26. The van der Waals surface area contributed by atoms with Crippen molar-refractivity contribution in [2.24, 2.45) is 0 Å². The number of carbonyl (C=O) groups is 1. The van der Waals surface area contributed by atoms with Crippen molar-refractivity contribution in [3.63, 3.8) is 0 Å². The second-order valence-corrected chi connectivity index (χ2v) is 5.10. The number of rotatable bonds is 4. The second kappa shape index (κ2) is 5.97. The summed E-state index contributed by atoms with van der Waals surface area (Å²) in [5, 5.41) is 7.82. The first kappa shape index (κ1) is 13.6. The molecule has 106 valence electrons. The molecular formula is C16H14ClN3O. The van der Waals surface area contributed by atoms with Crippen LogP contribution in [-0.2, 0) is 6.42 Å². The summed E-state index contributed by atoms with van der Waals surface area (Å²) in [6.45, 7) is 0.524. The smallest absolute Gasteiger partial charge is 0.271 e. The number of hydrogen-bond acceptors (Lipinski definition) is 2. The van der Waals surface area contributed by atoms with Gasteiger partial charge in [-0.3, -0.25) is 4.79 Å². The highest BCUT2D eigenvalue weighted by atomic mass is 35.5. The standard InChI is InChI=1S/C16H14ClN3O/c17-14-7-2-1-5-12(14)8-9-18-16(21)15-11-13-6-3-4-10-20(13)19-15/h1-7,10-11H,8-9H2,(H,18,21). The van der Waals surface area contributed by atoms with Gasteiger partial charge in [0.25, 0.3) is 5.91 Å². The van der Waals surface area contributed by atoms with Crippen molar-refractivity contribution < 1.29 is 4.79 Å². The maximum atomic E-state index is 12.1. The van der Waals surface area contributed by atoms with Crippen LogP contribution in [0.5, 0.6) is 0 Å². The molecule has 0 spiro atoms.